The highest BCUT2D eigenvalue weighted by Crippen LogP contribution is 2.60. The Morgan fingerprint density at radius 2 is 2.00 bits per heavy atom. The van der Waals surface area contributed by atoms with Crippen molar-refractivity contribution in [2.45, 2.75) is 47.5 Å². The highest BCUT2D eigenvalue weighted by atomic mass is 16.1. The van der Waals surface area contributed by atoms with Crippen LogP contribution in [0.3, 0.4) is 0 Å². The van der Waals surface area contributed by atoms with Gasteiger partial charge in [0, 0.05) is 11.6 Å². The van der Waals surface area contributed by atoms with E-state index in [0.29, 0.717) is 11.5 Å². The fraction of sp³-hybridized carbons (Fsp3) is 0.556. The number of nitriles is 1. The number of carbonyl (C=O) groups is 1. The lowest BCUT2D eigenvalue weighted by Crippen LogP contribution is -2.18. The molecule has 1 aromatic rings. The summed E-state index contributed by atoms with van der Waals surface area (Å²) < 4.78 is 0. The van der Waals surface area contributed by atoms with E-state index in [-0.39, 0.29) is 23.0 Å². The van der Waals surface area contributed by atoms with E-state index < -0.39 is 5.92 Å². The van der Waals surface area contributed by atoms with Gasteiger partial charge in [-0.05, 0) is 45.1 Å². The first-order valence-corrected chi connectivity index (χ1v) is 7.59. The summed E-state index contributed by atoms with van der Waals surface area (Å²) in [5.74, 6) is -0.126. The van der Waals surface area contributed by atoms with Crippen molar-refractivity contribution in [2.75, 3.05) is 0 Å². The van der Waals surface area contributed by atoms with Crippen LogP contribution in [0.25, 0.3) is 0 Å². The van der Waals surface area contributed by atoms with Gasteiger partial charge >= 0.3 is 0 Å². The second-order valence-electron chi connectivity index (χ2n) is 7.01. The Hall–Kier alpha value is -2.02. The highest BCUT2D eigenvalue weighted by molar-refractivity contribution is 5.93. The molecule has 116 valence electrons. The summed E-state index contributed by atoms with van der Waals surface area (Å²) >= 11 is 0. The van der Waals surface area contributed by atoms with E-state index in [1.54, 1.807) is 13.0 Å². The van der Waals surface area contributed by atoms with E-state index in [1.165, 1.54) is 5.57 Å². The van der Waals surface area contributed by atoms with Crippen LogP contribution < -0.4 is 0 Å². The SMILES string of the molecule is CC(C)=C[C@@H]1[C@@H](C(=O)[C@@H](C#N)c2cc(C)nc(C)n2)C1(C)C. The molecule has 1 heterocycles. The van der Waals surface area contributed by atoms with E-state index in [1.807, 2.05) is 20.8 Å². The van der Waals surface area contributed by atoms with Crippen molar-refractivity contribution >= 4 is 5.78 Å². The predicted octanol–water partition coefficient (Wildman–Crippen LogP) is 3.51. The molecule has 1 fully saturated rings. The quantitative estimate of drug-likeness (QED) is 0.798. The lowest BCUT2D eigenvalue weighted by molar-refractivity contribution is -0.121. The maximum absolute atomic E-state index is 12.9. The molecule has 22 heavy (non-hydrogen) atoms. The summed E-state index contributed by atoms with van der Waals surface area (Å²) in [7, 11) is 0. The molecule has 0 spiro atoms. The van der Waals surface area contributed by atoms with Crippen LogP contribution in [-0.4, -0.2) is 15.8 Å². The normalized spacial score (nSPS) is 23.3. The molecular formula is C18H23N3O. The summed E-state index contributed by atoms with van der Waals surface area (Å²) in [6.45, 7) is 11.9. The van der Waals surface area contributed by atoms with Crippen molar-refractivity contribution < 1.29 is 4.79 Å². The lowest BCUT2D eigenvalue weighted by Gasteiger charge is -2.10. The van der Waals surface area contributed by atoms with Gasteiger partial charge in [-0.25, -0.2) is 9.97 Å². The molecular weight excluding hydrogens is 274 g/mol. The van der Waals surface area contributed by atoms with Crippen molar-refractivity contribution in [2.24, 2.45) is 17.3 Å². The number of nitrogens with zero attached hydrogens (tertiary/aromatic N) is 3. The average molecular weight is 297 g/mol. The third kappa shape index (κ3) is 2.94. The first-order valence-electron chi connectivity index (χ1n) is 7.59. The third-order valence-electron chi connectivity index (χ3n) is 4.43. The Kier molecular flexibility index (Phi) is 4.19. The molecule has 3 atom stereocenters. The van der Waals surface area contributed by atoms with Crippen LogP contribution in [0.4, 0.5) is 0 Å². The van der Waals surface area contributed by atoms with E-state index in [4.69, 9.17) is 0 Å². The van der Waals surface area contributed by atoms with Crippen LogP contribution in [0.5, 0.6) is 0 Å². The molecule has 1 aliphatic rings. The summed E-state index contributed by atoms with van der Waals surface area (Å²) in [5.41, 5.74) is 2.43. The summed E-state index contributed by atoms with van der Waals surface area (Å²) in [6, 6.07) is 3.89. The number of Topliss-reactive ketones (excluding diaryl/α,β-unsaturated/α-hetero) is 1. The lowest BCUT2D eigenvalue weighted by atomic mass is 9.94. The van der Waals surface area contributed by atoms with Crippen LogP contribution >= 0.6 is 0 Å². The van der Waals surface area contributed by atoms with Crippen LogP contribution in [0, 0.1) is 42.4 Å². The van der Waals surface area contributed by atoms with Crippen LogP contribution in [0.2, 0.25) is 0 Å². The fourth-order valence-electron chi connectivity index (χ4n) is 3.24. The molecule has 4 nitrogen and oxygen atoms in total. The van der Waals surface area contributed by atoms with Gasteiger partial charge in [0.15, 0.2) is 5.78 Å². The van der Waals surface area contributed by atoms with Gasteiger partial charge in [-0.1, -0.05) is 25.5 Å². The van der Waals surface area contributed by atoms with Gasteiger partial charge in [0.1, 0.15) is 11.7 Å². The van der Waals surface area contributed by atoms with Gasteiger partial charge in [-0.3, -0.25) is 4.79 Å². The van der Waals surface area contributed by atoms with Crippen molar-refractivity contribution in [3.8, 4) is 6.07 Å². The monoisotopic (exact) mass is 297 g/mol. The van der Waals surface area contributed by atoms with Crippen molar-refractivity contribution in [1.29, 1.82) is 5.26 Å². The smallest absolute Gasteiger partial charge is 0.160 e. The van der Waals surface area contributed by atoms with Gasteiger partial charge < -0.3 is 0 Å². The van der Waals surface area contributed by atoms with Crippen LogP contribution in [0.15, 0.2) is 17.7 Å². The Morgan fingerprint density at radius 1 is 1.36 bits per heavy atom. The standard InChI is InChI=1S/C18H23N3O/c1-10(2)7-14-16(18(14,5)6)17(22)13(9-19)15-8-11(3)20-12(4)21-15/h7-8,13-14,16H,1-6H3/t13-,14+,16-/m0/s1. The van der Waals surface area contributed by atoms with Crippen molar-refractivity contribution in [3.63, 3.8) is 0 Å². The number of hydrogen-bond acceptors (Lipinski definition) is 4. The number of allylic oxidation sites excluding steroid dienone is 2. The maximum atomic E-state index is 12.9. The molecule has 0 aliphatic heterocycles. The molecule has 0 N–H and O–H groups in total. The van der Waals surface area contributed by atoms with Gasteiger partial charge in [0.25, 0.3) is 0 Å². The zero-order valence-electron chi connectivity index (χ0n) is 14.1. The number of carbonyl (C=O) groups excluding carboxylic acids is 1. The maximum Gasteiger partial charge on any atom is 0.160 e. The molecule has 2 rings (SSSR count). The predicted molar refractivity (Wildman–Crippen MR) is 85.1 cm³/mol. The van der Waals surface area contributed by atoms with E-state index in [9.17, 15) is 10.1 Å². The Balaban J connectivity index is 2.31. The minimum Gasteiger partial charge on any atom is -0.297 e. The summed E-state index contributed by atoms with van der Waals surface area (Å²) in [4.78, 5) is 21.4. The second-order valence-corrected chi connectivity index (χ2v) is 7.01. The minimum atomic E-state index is -0.805. The number of aryl methyl sites for hydroxylation is 2. The van der Waals surface area contributed by atoms with Crippen molar-refractivity contribution in [1.82, 2.24) is 9.97 Å². The molecule has 0 amide bonds. The second kappa shape index (κ2) is 5.64. The topological polar surface area (TPSA) is 66.6 Å². The number of aromatic nitrogens is 2. The first kappa shape index (κ1) is 16.4. The largest absolute Gasteiger partial charge is 0.297 e. The number of ketones is 1. The van der Waals surface area contributed by atoms with E-state index >= 15 is 0 Å². The Bertz CT molecular complexity index is 658. The van der Waals surface area contributed by atoms with Gasteiger partial charge in [-0.2, -0.15) is 5.26 Å². The Labute approximate surface area is 132 Å². The van der Waals surface area contributed by atoms with Gasteiger partial charge in [0.05, 0.1) is 11.8 Å². The molecule has 1 aromatic heterocycles. The molecule has 4 heteroatoms. The Morgan fingerprint density at radius 3 is 2.50 bits per heavy atom. The van der Waals surface area contributed by atoms with Crippen LogP contribution in [0.1, 0.15) is 50.8 Å². The molecule has 0 saturated heterocycles. The van der Waals surface area contributed by atoms with Crippen LogP contribution in [-0.2, 0) is 4.79 Å². The van der Waals surface area contributed by atoms with E-state index in [0.717, 1.165) is 5.69 Å². The summed E-state index contributed by atoms with van der Waals surface area (Å²) in [6.07, 6.45) is 2.15. The van der Waals surface area contributed by atoms with Gasteiger partial charge in [0.2, 0.25) is 0 Å². The fourth-order valence-corrected chi connectivity index (χ4v) is 3.24. The summed E-state index contributed by atoms with van der Waals surface area (Å²) in [5, 5.41) is 9.50. The zero-order valence-corrected chi connectivity index (χ0v) is 14.1. The number of rotatable bonds is 4. The molecule has 1 aliphatic carbocycles. The molecule has 0 aromatic carbocycles. The molecule has 0 unspecified atom stereocenters. The zero-order chi connectivity index (χ0) is 16.7. The first-order chi connectivity index (χ1) is 10.2. The number of hydrogen-bond donors (Lipinski definition) is 0. The van der Waals surface area contributed by atoms with E-state index in [2.05, 4.69) is 36.0 Å². The molecule has 0 radical (unpaired) electrons. The van der Waals surface area contributed by atoms with Gasteiger partial charge in [-0.15, -0.1) is 0 Å². The van der Waals surface area contributed by atoms with Crippen molar-refractivity contribution in [3.05, 3.63) is 34.9 Å². The third-order valence-corrected chi connectivity index (χ3v) is 4.43. The molecule has 0 bridgehead atoms. The molecule has 1 saturated carbocycles. The average Bonchev–Trinajstić information content (AvgIpc) is 2.89. The highest BCUT2D eigenvalue weighted by Gasteiger charge is 2.61. The minimum absolute atomic E-state index is 0.0208.